The van der Waals surface area contributed by atoms with Gasteiger partial charge in [0.05, 0.1) is 6.20 Å². The van der Waals surface area contributed by atoms with Crippen LogP contribution in [0.25, 0.3) is 0 Å². The summed E-state index contributed by atoms with van der Waals surface area (Å²) in [5.41, 5.74) is -0.135. The largest absolute Gasteiger partial charge is 0.345 e. The number of aryl methyl sites for hydroxylation is 1. The number of nitrogens with one attached hydrogen (secondary N) is 2. The fourth-order valence-corrected chi connectivity index (χ4v) is 6.26. The molecule has 0 radical (unpaired) electrons. The smallest absolute Gasteiger partial charge is 0.270 e. The van der Waals surface area contributed by atoms with E-state index in [1.54, 1.807) is 19.2 Å². The van der Waals surface area contributed by atoms with Gasteiger partial charge in [-0.25, -0.2) is 19.3 Å². The molecular formula is C22H24FN5O2. The minimum Gasteiger partial charge on any atom is -0.345 e. The lowest BCUT2D eigenvalue weighted by Gasteiger charge is -2.62. The molecule has 8 heteroatoms. The van der Waals surface area contributed by atoms with Crippen molar-refractivity contribution in [3.8, 4) is 0 Å². The van der Waals surface area contributed by atoms with Gasteiger partial charge in [0.25, 0.3) is 11.8 Å². The summed E-state index contributed by atoms with van der Waals surface area (Å²) in [5.74, 6) is 0.529. The molecule has 0 saturated heterocycles. The Morgan fingerprint density at radius 3 is 2.17 bits per heavy atom. The fraction of sp³-hybridized carbons (Fsp3) is 0.500. The zero-order chi connectivity index (χ0) is 20.9. The molecule has 30 heavy (non-hydrogen) atoms. The molecule has 0 aromatic carbocycles. The SMILES string of the molecule is Cc1nccc(C(=O)NC23CC4CC(CC(NC(=O)c5ccc(F)cn5)(C4)C2)C3)n1. The molecule has 7 nitrogen and oxygen atoms in total. The van der Waals surface area contributed by atoms with Gasteiger partial charge in [0, 0.05) is 17.3 Å². The van der Waals surface area contributed by atoms with Crippen LogP contribution in [0.4, 0.5) is 4.39 Å². The summed E-state index contributed by atoms with van der Waals surface area (Å²) in [7, 11) is 0. The number of nitrogens with zero attached hydrogens (tertiary/aromatic N) is 3. The molecule has 2 amide bonds. The molecule has 4 fully saturated rings. The van der Waals surface area contributed by atoms with E-state index in [1.807, 2.05) is 0 Å². The van der Waals surface area contributed by atoms with Crippen LogP contribution in [-0.2, 0) is 0 Å². The number of amides is 2. The van der Waals surface area contributed by atoms with Crippen molar-refractivity contribution in [2.24, 2.45) is 11.8 Å². The Hall–Kier alpha value is -2.90. The first-order chi connectivity index (χ1) is 14.3. The lowest BCUT2D eigenvalue weighted by Crippen LogP contribution is -2.70. The number of halogens is 1. The predicted molar refractivity (Wildman–Crippen MR) is 106 cm³/mol. The van der Waals surface area contributed by atoms with Gasteiger partial charge in [-0.05, 0) is 75.5 Å². The maximum Gasteiger partial charge on any atom is 0.270 e. The van der Waals surface area contributed by atoms with Crippen molar-refractivity contribution < 1.29 is 14.0 Å². The molecule has 2 aromatic rings. The van der Waals surface area contributed by atoms with E-state index in [4.69, 9.17) is 0 Å². The number of aromatic nitrogens is 3. The second kappa shape index (κ2) is 6.82. The van der Waals surface area contributed by atoms with Crippen molar-refractivity contribution in [1.29, 1.82) is 0 Å². The van der Waals surface area contributed by atoms with E-state index in [0.717, 1.165) is 38.3 Å². The summed E-state index contributed by atoms with van der Waals surface area (Å²) in [6.45, 7) is 1.76. The maximum atomic E-state index is 13.2. The van der Waals surface area contributed by atoms with Gasteiger partial charge < -0.3 is 10.6 Å². The minimum atomic E-state index is -0.469. The van der Waals surface area contributed by atoms with Crippen molar-refractivity contribution in [3.63, 3.8) is 0 Å². The Bertz CT molecular complexity index is 995. The van der Waals surface area contributed by atoms with Crippen LogP contribution in [0, 0.1) is 24.6 Å². The third-order valence-corrected chi connectivity index (χ3v) is 6.79. The second-order valence-corrected chi connectivity index (χ2v) is 9.28. The van der Waals surface area contributed by atoms with Crippen molar-refractivity contribution in [3.05, 3.63) is 53.6 Å². The van der Waals surface area contributed by atoms with Crippen LogP contribution in [0.2, 0.25) is 0 Å². The van der Waals surface area contributed by atoms with Crippen LogP contribution >= 0.6 is 0 Å². The first-order valence-corrected chi connectivity index (χ1v) is 10.4. The summed E-state index contributed by atoms with van der Waals surface area (Å²) in [5, 5.41) is 6.47. The fourth-order valence-electron chi connectivity index (χ4n) is 6.26. The van der Waals surface area contributed by atoms with Crippen molar-refractivity contribution in [1.82, 2.24) is 25.6 Å². The number of hydrogen-bond acceptors (Lipinski definition) is 5. The normalized spacial score (nSPS) is 31.4. The average Bonchev–Trinajstić information content (AvgIpc) is 2.66. The summed E-state index contributed by atoms with van der Waals surface area (Å²) >= 11 is 0. The van der Waals surface area contributed by atoms with E-state index in [1.165, 1.54) is 12.1 Å². The van der Waals surface area contributed by atoms with Gasteiger partial charge >= 0.3 is 0 Å². The maximum absolute atomic E-state index is 13.2. The highest BCUT2D eigenvalue weighted by atomic mass is 19.1. The van der Waals surface area contributed by atoms with Gasteiger partial charge in [0.2, 0.25) is 0 Å². The number of pyridine rings is 1. The summed E-state index contributed by atoms with van der Waals surface area (Å²) in [4.78, 5) is 38.0. The zero-order valence-electron chi connectivity index (χ0n) is 16.8. The molecule has 6 rings (SSSR count). The van der Waals surface area contributed by atoms with E-state index in [-0.39, 0.29) is 28.6 Å². The molecule has 4 aliphatic rings. The van der Waals surface area contributed by atoms with Crippen LogP contribution in [0.1, 0.15) is 65.3 Å². The highest BCUT2D eigenvalue weighted by Gasteiger charge is 2.58. The summed E-state index contributed by atoms with van der Waals surface area (Å²) < 4.78 is 13.2. The topological polar surface area (TPSA) is 96.9 Å². The molecule has 2 aromatic heterocycles. The minimum absolute atomic E-state index is 0.191. The van der Waals surface area contributed by atoms with E-state index >= 15 is 0 Å². The van der Waals surface area contributed by atoms with Gasteiger partial charge in [-0.2, -0.15) is 0 Å². The summed E-state index contributed by atoms with van der Waals surface area (Å²) in [6.07, 6.45) is 8.12. The van der Waals surface area contributed by atoms with Crippen molar-refractivity contribution in [2.75, 3.05) is 0 Å². The molecule has 0 spiro atoms. The summed E-state index contributed by atoms with van der Waals surface area (Å²) in [6, 6.07) is 4.27. The average molecular weight is 409 g/mol. The Labute approximate surface area is 173 Å². The molecule has 2 atom stereocenters. The number of hydrogen-bond donors (Lipinski definition) is 2. The predicted octanol–water partition coefficient (Wildman–Crippen LogP) is 2.57. The Kier molecular flexibility index (Phi) is 4.34. The molecule has 2 N–H and O–H groups in total. The number of rotatable bonds is 4. The Morgan fingerprint density at radius 1 is 0.967 bits per heavy atom. The lowest BCUT2D eigenvalue weighted by atomic mass is 9.49. The second-order valence-electron chi connectivity index (χ2n) is 9.28. The molecule has 4 aliphatic carbocycles. The van der Waals surface area contributed by atoms with Crippen LogP contribution in [-0.4, -0.2) is 37.8 Å². The molecule has 4 bridgehead atoms. The quantitative estimate of drug-likeness (QED) is 0.809. The van der Waals surface area contributed by atoms with Crippen molar-refractivity contribution >= 4 is 11.8 Å². The van der Waals surface area contributed by atoms with Gasteiger partial charge in [-0.1, -0.05) is 0 Å². The monoisotopic (exact) mass is 409 g/mol. The first-order valence-electron chi connectivity index (χ1n) is 10.4. The van der Waals surface area contributed by atoms with E-state index in [9.17, 15) is 14.0 Å². The number of carbonyl (C=O) groups excluding carboxylic acids is 2. The molecule has 156 valence electrons. The van der Waals surface area contributed by atoms with E-state index < -0.39 is 5.82 Å². The standard InChI is InChI=1S/C22H24FN5O2/c1-13-24-5-4-18(26-13)20(30)28-22-9-14-6-15(10-22)8-21(7-14,12-22)27-19(29)17-3-2-16(23)11-25-17/h2-5,11,14-15H,6-10,12H2,1H3,(H,27,29)(H,28,30). The molecule has 4 saturated carbocycles. The van der Waals surface area contributed by atoms with Crippen molar-refractivity contribution in [2.45, 2.75) is 56.5 Å². The first kappa shape index (κ1) is 19.1. The van der Waals surface area contributed by atoms with Gasteiger partial charge in [0.1, 0.15) is 23.0 Å². The third-order valence-electron chi connectivity index (χ3n) is 6.79. The Balaban J connectivity index is 1.37. The third kappa shape index (κ3) is 3.44. The van der Waals surface area contributed by atoms with Gasteiger partial charge in [0.15, 0.2) is 0 Å². The highest BCUT2D eigenvalue weighted by Crippen LogP contribution is 2.57. The van der Waals surface area contributed by atoms with Crippen LogP contribution in [0.15, 0.2) is 30.6 Å². The van der Waals surface area contributed by atoms with Gasteiger partial charge in [-0.3, -0.25) is 9.59 Å². The van der Waals surface area contributed by atoms with Gasteiger partial charge in [-0.15, -0.1) is 0 Å². The molecule has 2 unspecified atom stereocenters. The molecular weight excluding hydrogens is 385 g/mol. The van der Waals surface area contributed by atoms with Crippen LogP contribution < -0.4 is 10.6 Å². The number of carbonyl (C=O) groups is 2. The highest BCUT2D eigenvalue weighted by molar-refractivity contribution is 5.93. The van der Waals surface area contributed by atoms with E-state index in [2.05, 4.69) is 25.6 Å². The lowest BCUT2D eigenvalue weighted by molar-refractivity contribution is -0.0449. The molecule has 0 aliphatic heterocycles. The van der Waals surface area contributed by atoms with Crippen LogP contribution in [0.3, 0.4) is 0 Å². The zero-order valence-corrected chi connectivity index (χ0v) is 16.8. The Morgan fingerprint density at radius 2 is 1.60 bits per heavy atom. The van der Waals surface area contributed by atoms with Crippen LogP contribution in [0.5, 0.6) is 0 Å². The molecule has 2 heterocycles. The van der Waals surface area contributed by atoms with E-state index in [0.29, 0.717) is 29.8 Å².